The highest BCUT2D eigenvalue weighted by molar-refractivity contribution is 7.29. The van der Waals surface area contributed by atoms with Crippen molar-refractivity contribution >= 4 is 43.2 Å². The van der Waals surface area contributed by atoms with Crippen LogP contribution in [-0.4, -0.2) is 55.1 Å². The summed E-state index contributed by atoms with van der Waals surface area (Å²) in [6.07, 6.45) is 0. The first-order chi connectivity index (χ1) is 10.2. The molecule has 1 amide bonds. The number of nitrogens with one attached hydrogen (secondary N) is 1. The quantitative estimate of drug-likeness (QED) is 0.937. The van der Waals surface area contributed by atoms with E-state index in [1.807, 2.05) is 11.0 Å². The molecule has 0 radical (unpaired) electrons. The molecule has 1 saturated heterocycles. The molecule has 7 heteroatoms. The third-order valence-corrected chi connectivity index (χ3v) is 5.94. The summed E-state index contributed by atoms with van der Waals surface area (Å²) in [5.41, 5.74) is 0. The number of thiazole rings is 1. The van der Waals surface area contributed by atoms with Gasteiger partial charge in [0.15, 0.2) is 5.13 Å². The van der Waals surface area contributed by atoms with Gasteiger partial charge in [0.1, 0.15) is 4.83 Å². The van der Waals surface area contributed by atoms with Gasteiger partial charge in [-0.15, -0.1) is 11.3 Å². The van der Waals surface area contributed by atoms with Gasteiger partial charge in [0.05, 0.1) is 9.58 Å². The predicted molar refractivity (Wildman–Crippen MR) is 89.8 cm³/mol. The number of piperazine rings is 1. The Hall–Kier alpha value is -1.18. The number of hydrogen-bond donors (Lipinski definition) is 1. The van der Waals surface area contributed by atoms with Crippen LogP contribution in [0.1, 0.15) is 23.5 Å². The minimum absolute atomic E-state index is 0.149. The molecule has 0 aliphatic carbocycles. The van der Waals surface area contributed by atoms with Crippen LogP contribution in [-0.2, 0) is 0 Å². The zero-order valence-electron chi connectivity index (χ0n) is 12.4. The van der Waals surface area contributed by atoms with Crippen LogP contribution < -0.4 is 10.2 Å². The van der Waals surface area contributed by atoms with Crippen LogP contribution in [0.5, 0.6) is 0 Å². The summed E-state index contributed by atoms with van der Waals surface area (Å²) >= 11 is 3.20. The first-order valence-electron chi connectivity index (χ1n) is 7.38. The molecule has 0 atom stereocenters. The van der Waals surface area contributed by atoms with E-state index in [-0.39, 0.29) is 5.91 Å². The van der Waals surface area contributed by atoms with E-state index in [1.165, 1.54) is 11.3 Å². The van der Waals surface area contributed by atoms with E-state index < -0.39 is 0 Å². The Labute approximate surface area is 132 Å². The molecule has 0 unspecified atom stereocenters. The first-order valence-corrected chi connectivity index (χ1v) is 9.01. The third kappa shape index (κ3) is 2.90. The first kappa shape index (κ1) is 14.7. The minimum Gasteiger partial charge on any atom is -0.349 e. The summed E-state index contributed by atoms with van der Waals surface area (Å²) in [5.74, 6) is 0.149. The van der Waals surface area contributed by atoms with Crippen LogP contribution >= 0.6 is 22.7 Å². The van der Waals surface area contributed by atoms with Crippen molar-refractivity contribution in [2.45, 2.75) is 13.8 Å². The summed E-state index contributed by atoms with van der Waals surface area (Å²) in [7, 11) is 0. The Bertz CT molecular complexity index is 594. The van der Waals surface area contributed by atoms with Gasteiger partial charge in [-0.25, -0.2) is 4.98 Å². The van der Waals surface area contributed by atoms with Crippen molar-refractivity contribution in [3.8, 4) is 0 Å². The standard InChI is InChI=1S/C14H20N4OS2/c1-3-17(4-2)14-16-12-10(21-14)9-11(20-12)13(19)18-7-5-15-6-8-18/h9,15H,3-8H2,1-2H3. The van der Waals surface area contributed by atoms with E-state index in [1.54, 1.807) is 11.3 Å². The largest absolute Gasteiger partial charge is 0.349 e. The summed E-state index contributed by atoms with van der Waals surface area (Å²) in [6.45, 7) is 9.56. The fraction of sp³-hybridized carbons (Fsp3) is 0.571. The van der Waals surface area contributed by atoms with Gasteiger partial charge in [0, 0.05) is 39.3 Å². The lowest BCUT2D eigenvalue weighted by atomic mass is 10.3. The van der Waals surface area contributed by atoms with Crippen molar-refractivity contribution in [3.05, 3.63) is 10.9 Å². The molecule has 2 aromatic heterocycles. The molecule has 114 valence electrons. The van der Waals surface area contributed by atoms with Crippen LogP contribution in [0, 0.1) is 0 Å². The number of amides is 1. The monoisotopic (exact) mass is 324 g/mol. The molecule has 1 N–H and O–H groups in total. The summed E-state index contributed by atoms with van der Waals surface area (Å²) in [5, 5.41) is 4.33. The van der Waals surface area contributed by atoms with Crippen molar-refractivity contribution in [1.82, 2.24) is 15.2 Å². The average Bonchev–Trinajstić information content (AvgIpc) is 3.07. The smallest absolute Gasteiger partial charge is 0.264 e. The molecule has 21 heavy (non-hydrogen) atoms. The van der Waals surface area contributed by atoms with E-state index in [4.69, 9.17) is 0 Å². The second-order valence-electron chi connectivity index (χ2n) is 4.99. The van der Waals surface area contributed by atoms with Crippen LogP contribution in [0.3, 0.4) is 0 Å². The predicted octanol–water partition coefficient (Wildman–Crippen LogP) is 2.25. The molecular weight excluding hydrogens is 304 g/mol. The fourth-order valence-electron chi connectivity index (χ4n) is 2.48. The van der Waals surface area contributed by atoms with E-state index >= 15 is 0 Å². The molecule has 3 rings (SSSR count). The van der Waals surface area contributed by atoms with Gasteiger partial charge in [0.2, 0.25) is 0 Å². The molecule has 2 aromatic rings. The maximum Gasteiger partial charge on any atom is 0.264 e. The lowest BCUT2D eigenvalue weighted by molar-refractivity contribution is 0.0741. The van der Waals surface area contributed by atoms with Gasteiger partial charge in [-0.3, -0.25) is 4.79 Å². The number of hydrogen-bond acceptors (Lipinski definition) is 6. The zero-order chi connectivity index (χ0) is 14.8. The van der Waals surface area contributed by atoms with Gasteiger partial charge in [-0.2, -0.15) is 0 Å². The van der Waals surface area contributed by atoms with Gasteiger partial charge in [-0.1, -0.05) is 11.3 Å². The number of carbonyl (C=O) groups excluding carboxylic acids is 1. The van der Waals surface area contributed by atoms with Crippen LogP contribution in [0.25, 0.3) is 9.53 Å². The Morgan fingerprint density at radius 2 is 2.05 bits per heavy atom. The van der Waals surface area contributed by atoms with Crippen molar-refractivity contribution in [2.24, 2.45) is 0 Å². The number of thiophene rings is 1. The average molecular weight is 324 g/mol. The summed E-state index contributed by atoms with van der Waals surface area (Å²) < 4.78 is 1.13. The molecule has 0 bridgehead atoms. The number of carbonyl (C=O) groups is 1. The number of anilines is 1. The molecule has 1 aliphatic rings. The SMILES string of the molecule is CCN(CC)c1nc2sc(C(=O)N3CCNCC3)cc2s1. The Balaban J connectivity index is 1.81. The highest BCUT2D eigenvalue weighted by Gasteiger charge is 2.21. The minimum atomic E-state index is 0.149. The molecule has 0 aromatic carbocycles. The molecule has 0 spiro atoms. The van der Waals surface area contributed by atoms with E-state index in [0.29, 0.717) is 0 Å². The highest BCUT2D eigenvalue weighted by Crippen LogP contribution is 2.35. The van der Waals surface area contributed by atoms with E-state index in [0.717, 1.165) is 58.8 Å². The lowest BCUT2D eigenvalue weighted by Crippen LogP contribution is -2.46. The number of aromatic nitrogens is 1. The second kappa shape index (κ2) is 6.29. The lowest BCUT2D eigenvalue weighted by Gasteiger charge is -2.26. The van der Waals surface area contributed by atoms with Gasteiger partial charge < -0.3 is 15.1 Å². The van der Waals surface area contributed by atoms with Crippen molar-refractivity contribution in [2.75, 3.05) is 44.2 Å². The maximum absolute atomic E-state index is 12.5. The Morgan fingerprint density at radius 1 is 1.33 bits per heavy atom. The van der Waals surface area contributed by atoms with Gasteiger partial charge in [0.25, 0.3) is 5.91 Å². The van der Waals surface area contributed by atoms with Crippen molar-refractivity contribution < 1.29 is 4.79 Å². The highest BCUT2D eigenvalue weighted by atomic mass is 32.1. The van der Waals surface area contributed by atoms with Crippen LogP contribution in [0.15, 0.2) is 6.07 Å². The normalized spacial score (nSPS) is 15.6. The molecule has 5 nitrogen and oxygen atoms in total. The summed E-state index contributed by atoms with van der Waals surface area (Å²) in [6, 6.07) is 2.01. The van der Waals surface area contributed by atoms with Crippen LogP contribution in [0.4, 0.5) is 5.13 Å². The fourth-order valence-corrected chi connectivity index (χ4v) is 4.79. The Morgan fingerprint density at radius 3 is 2.67 bits per heavy atom. The molecular formula is C14H20N4OS2. The summed E-state index contributed by atoms with van der Waals surface area (Å²) in [4.78, 5) is 23.1. The van der Waals surface area contributed by atoms with Crippen molar-refractivity contribution in [1.29, 1.82) is 0 Å². The number of fused-ring (bicyclic) bond motifs is 1. The topological polar surface area (TPSA) is 48.5 Å². The van der Waals surface area contributed by atoms with Crippen LogP contribution in [0.2, 0.25) is 0 Å². The van der Waals surface area contributed by atoms with E-state index in [9.17, 15) is 4.79 Å². The van der Waals surface area contributed by atoms with Gasteiger partial charge in [-0.05, 0) is 19.9 Å². The van der Waals surface area contributed by atoms with Gasteiger partial charge >= 0.3 is 0 Å². The van der Waals surface area contributed by atoms with Crippen molar-refractivity contribution in [3.63, 3.8) is 0 Å². The molecule has 1 fully saturated rings. The molecule has 0 saturated carbocycles. The molecule has 1 aliphatic heterocycles. The Kier molecular flexibility index (Phi) is 4.42. The zero-order valence-corrected chi connectivity index (χ0v) is 14.0. The second-order valence-corrected chi connectivity index (χ2v) is 7.03. The van der Waals surface area contributed by atoms with E-state index in [2.05, 4.69) is 29.0 Å². The number of rotatable bonds is 4. The maximum atomic E-state index is 12.5. The third-order valence-electron chi connectivity index (χ3n) is 3.73. The molecule has 3 heterocycles. The number of nitrogens with zero attached hydrogens (tertiary/aromatic N) is 3.